The van der Waals surface area contributed by atoms with E-state index >= 15 is 0 Å². The van der Waals surface area contributed by atoms with Crippen molar-refractivity contribution in [2.75, 3.05) is 13.2 Å². The lowest BCUT2D eigenvalue weighted by molar-refractivity contribution is -0.155. The van der Waals surface area contributed by atoms with Crippen LogP contribution in [0.1, 0.15) is 25.3 Å². The predicted molar refractivity (Wildman–Crippen MR) is 69.0 cm³/mol. The van der Waals surface area contributed by atoms with Crippen LogP contribution < -0.4 is 5.32 Å². The number of ether oxygens (including phenoxy) is 1. The van der Waals surface area contributed by atoms with Crippen LogP contribution in [0.4, 0.5) is 0 Å². The highest BCUT2D eigenvalue weighted by atomic mass is 16.5. The van der Waals surface area contributed by atoms with E-state index in [2.05, 4.69) is 5.32 Å². The van der Waals surface area contributed by atoms with Crippen LogP contribution in [0.5, 0.6) is 0 Å². The zero-order chi connectivity index (χ0) is 13.2. The Morgan fingerprint density at radius 2 is 1.94 bits per heavy atom. The second-order valence-electron chi connectivity index (χ2n) is 3.98. The summed E-state index contributed by atoms with van der Waals surface area (Å²) in [5.74, 6) is -1.46. The molecular formula is C14H19NO3. The standard InChI is InChI=1S/C14H19NO3/c1-2-3-11-18-14(17)13(16)15-10-9-12-7-5-4-6-8-12/h4-8H,2-3,9-11H2,1H3,(H,15,16). The molecule has 0 aliphatic rings. The SMILES string of the molecule is CCCCOC(=O)C(=O)NCCc1ccccc1. The van der Waals surface area contributed by atoms with E-state index in [0.29, 0.717) is 19.6 Å². The third-order valence-corrected chi connectivity index (χ3v) is 2.46. The topological polar surface area (TPSA) is 55.4 Å². The monoisotopic (exact) mass is 249 g/mol. The fourth-order valence-electron chi connectivity index (χ4n) is 1.41. The summed E-state index contributed by atoms with van der Waals surface area (Å²) in [6, 6.07) is 9.77. The van der Waals surface area contributed by atoms with Crippen molar-refractivity contribution in [2.24, 2.45) is 0 Å². The molecule has 0 aliphatic carbocycles. The maximum absolute atomic E-state index is 11.3. The summed E-state index contributed by atoms with van der Waals surface area (Å²) in [7, 11) is 0. The molecule has 0 saturated heterocycles. The van der Waals surface area contributed by atoms with Crippen molar-refractivity contribution in [1.29, 1.82) is 0 Å². The van der Waals surface area contributed by atoms with Crippen molar-refractivity contribution in [3.63, 3.8) is 0 Å². The van der Waals surface area contributed by atoms with Crippen LogP contribution in [0.15, 0.2) is 30.3 Å². The van der Waals surface area contributed by atoms with Crippen LogP contribution in [-0.4, -0.2) is 25.0 Å². The minimum atomic E-state index is -0.795. The lowest BCUT2D eigenvalue weighted by atomic mass is 10.1. The van der Waals surface area contributed by atoms with Gasteiger partial charge >= 0.3 is 11.9 Å². The highest BCUT2D eigenvalue weighted by molar-refractivity contribution is 6.32. The lowest BCUT2D eigenvalue weighted by Gasteiger charge is -2.05. The van der Waals surface area contributed by atoms with Crippen molar-refractivity contribution in [1.82, 2.24) is 5.32 Å². The molecule has 0 bridgehead atoms. The van der Waals surface area contributed by atoms with E-state index in [4.69, 9.17) is 4.74 Å². The van der Waals surface area contributed by atoms with Gasteiger partial charge in [-0.1, -0.05) is 43.7 Å². The first kappa shape index (κ1) is 14.2. The zero-order valence-corrected chi connectivity index (χ0v) is 10.6. The van der Waals surface area contributed by atoms with Gasteiger partial charge in [0.15, 0.2) is 0 Å². The van der Waals surface area contributed by atoms with Gasteiger partial charge in [-0.25, -0.2) is 4.79 Å². The van der Waals surface area contributed by atoms with Crippen LogP contribution >= 0.6 is 0 Å². The summed E-state index contributed by atoms with van der Waals surface area (Å²) in [5.41, 5.74) is 1.12. The summed E-state index contributed by atoms with van der Waals surface area (Å²) in [4.78, 5) is 22.6. The number of carbonyl (C=O) groups is 2. The molecule has 0 saturated carbocycles. The molecule has 4 nitrogen and oxygen atoms in total. The maximum Gasteiger partial charge on any atom is 0.396 e. The average molecular weight is 249 g/mol. The molecule has 4 heteroatoms. The number of esters is 1. The van der Waals surface area contributed by atoms with Crippen LogP contribution in [0.3, 0.4) is 0 Å². The molecule has 0 aliphatic heterocycles. The Hall–Kier alpha value is -1.84. The quantitative estimate of drug-likeness (QED) is 0.474. The first-order chi connectivity index (χ1) is 8.74. The number of amides is 1. The van der Waals surface area contributed by atoms with Crippen LogP contribution in [0.25, 0.3) is 0 Å². The molecule has 0 spiro atoms. The molecule has 0 fully saturated rings. The Balaban J connectivity index is 2.18. The fraction of sp³-hybridized carbons (Fsp3) is 0.429. The number of hydrogen-bond donors (Lipinski definition) is 1. The zero-order valence-electron chi connectivity index (χ0n) is 10.6. The number of benzene rings is 1. The molecule has 0 atom stereocenters. The minimum absolute atomic E-state index is 0.307. The van der Waals surface area contributed by atoms with E-state index in [1.807, 2.05) is 37.3 Å². The third kappa shape index (κ3) is 5.48. The van der Waals surface area contributed by atoms with E-state index in [1.165, 1.54) is 0 Å². The molecule has 1 aromatic carbocycles. The number of carbonyl (C=O) groups excluding carboxylic acids is 2. The Labute approximate surface area is 107 Å². The number of hydrogen-bond acceptors (Lipinski definition) is 3. The first-order valence-electron chi connectivity index (χ1n) is 6.23. The van der Waals surface area contributed by atoms with E-state index in [0.717, 1.165) is 18.4 Å². The van der Waals surface area contributed by atoms with Gasteiger partial charge in [0.1, 0.15) is 0 Å². The summed E-state index contributed by atoms with van der Waals surface area (Å²) < 4.78 is 4.80. The molecular weight excluding hydrogens is 230 g/mol. The Kier molecular flexibility index (Phi) is 6.54. The van der Waals surface area contributed by atoms with Crippen molar-refractivity contribution in [2.45, 2.75) is 26.2 Å². The second-order valence-corrected chi connectivity index (χ2v) is 3.98. The molecule has 1 rings (SSSR count). The third-order valence-electron chi connectivity index (χ3n) is 2.46. The molecule has 0 radical (unpaired) electrons. The van der Waals surface area contributed by atoms with E-state index in [1.54, 1.807) is 0 Å². The highest BCUT2D eigenvalue weighted by Crippen LogP contribution is 1.98. The highest BCUT2D eigenvalue weighted by Gasteiger charge is 2.13. The summed E-state index contributed by atoms with van der Waals surface area (Å²) in [5, 5.41) is 2.54. The second kappa shape index (κ2) is 8.28. The van der Waals surface area contributed by atoms with Gasteiger partial charge in [0.2, 0.25) is 0 Å². The number of nitrogens with one attached hydrogen (secondary N) is 1. The van der Waals surface area contributed by atoms with Crippen molar-refractivity contribution in [3.05, 3.63) is 35.9 Å². The molecule has 0 aromatic heterocycles. The van der Waals surface area contributed by atoms with Gasteiger partial charge in [0.25, 0.3) is 0 Å². The van der Waals surface area contributed by atoms with Gasteiger partial charge in [-0.2, -0.15) is 0 Å². The number of rotatable bonds is 6. The lowest BCUT2D eigenvalue weighted by Crippen LogP contribution is -2.34. The summed E-state index contributed by atoms with van der Waals surface area (Å²) in [6.07, 6.45) is 2.42. The summed E-state index contributed by atoms with van der Waals surface area (Å²) in [6.45, 7) is 2.74. The van der Waals surface area contributed by atoms with E-state index in [-0.39, 0.29) is 0 Å². The van der Waals surface area contributed by atoms with Crippen molar-refractivity contribution < 1.29 is 14.3 Å². The average Bonchev–Trinajstić information content (AvgIpc) is 2.40. The van der Waals surface area contributed by atoms with Gasteiger partial charge < -0.3 is 10.1 Å². The Bertz CT molecular complexity index is 376. The Morgan fingerprint density at radius 3 is 2.61 bits per heavy atom. The van der Waals surface area contributed by atoms with Crippen LogP contribution in [-0.2, 0) is 20.7 Å². The first-order valence-corrected chi connectivity index (χ1v) is 6.23. The minimum Gasteiger partial charge on any atom is -0.459 e. The smallest absolute Gasteiger partial charge is 0.396 e. The Morgan fingerprint density at radius 1 is 1.22 bits per heavy atom. The van der Waals surface area contributed by atoms with E-state index in [9.17, 15) is 9.59 Å². The van der Waals surface area contributed by atoms with Crippen molar-refractivity contribution in [3.8, 4) is 0 Å². The summed E-state index contributed by atoms with van der Waals surface area (Å²) >= 11 is 0. The predicted octanol–water partition coefficient (Wildman–Crippen LogP) is 1.69. The molecule has 1 amide bonds. The van der Waals surface area contributed by atoms with Gasteiger partial charge in [-0.15, -0.1) is 0 Å². The van der Waals surface area contributed by atoms with Gasteiger partial charge in [0, 0.05) is 6.54 Å². The van der Waals surface area contributed by atoms with Gasteiger partial charge in [-0.05, 0) is 18.4 Å². The van der Waals surface area contributed by atoms with Crippen LogP contribution in [0, 0.1) is 0 Å². The molecule has 0 heterocycles. The van der Waals surface area contributed by atoms with Crippen LogP contribution in [0.2, 0.25) is 0 Å². The normalized spacial score (nSPS) is 9.83. The molecule has 1 aromatic rings. The maximum atomic E-state index is 11.3. The molecule has 18 heavy (non-hydrogen) atoms. The van der Waals surface area contributed by atoms with E-state index < -0.39 is 11.9 Å². The fourth-order valence-corrected chi connectivity index (χ4v) is 1.41. The molecule has 0 unspecified atom stereocenters. The molecule has 98 valence electrons. The molecule has 1 N–H and O–H groups in total. The van der Waals surface area contributed by atoms with Gasteiger partial charge in [0.05, 0.1) is 6.61 Å². The van der Waals surface area contributed by atoms with Gasteiger partial charge in [-0.3, -0.25) is 4.79 Å². The largest absolute Gasteiger partial charge is 0.459 e. The number of unbranched alkanes of at least 4 members (excludes halogenated alkanes) is 1. The van der Waals surface area contributed by atoms with Crippen molar-refractivity contribution >= 4 is 11.9 Å².